The van der Waals surface area contributed by atoms with Gasteiger partial charge in [-0.2, -0.15) is 0 Å². The summed E-state index contributed by atoms with van der Waals surface area (Å²) in [6, 6.07) is 9.96. The summed E-state index contributed by atoms with van der Waals surface area (Å²) >= 11 is 18.1. The van der Waals surface area contributed by atoms with Crippen LogP contribution in [0.25, 0.3) is 0 Å². The first-order valence-electron chi connectivity index (χ1n) is 5.86. The van der Waals surface area contributed by atoms with Crippen molar-refractivity contribution < 1.29 is 0 Å². The Kier molecular flexibility index (Phi) is 4.99. The highest BCUT2D eigenvalue weighted by Gasteiger charge is 2.20. The molecule has 2 rings (SSSR count). The first-order valence-corrected chi connectivity index (χ1v) is 7.11. The average Bonchev–Trinajstić information content (AvgIpc) is 2.38. The summed E-state index contributed by atoms with van der Waals surface area (Å²) in [6.45, 7) is 0. The molecule has 18 heavy (non-hydrogen) atoms. The molecular weight excluding hydrogens is 289 g/mol. The highest BCUT2D eigenvalue weighted by Crippen LogP contribution is 2.36. The first kappa shape index (κ1) is 13.8. The van der Waals surface area contributed by atoms with E-state index in [9.17, 15) is 0 Å². The molecule has 0 amide bonds. The third kappa shape index (κ3) is 3.44. The maximum Gasteiger partial charge on any atom is 0.130 e. The molecule has 1 aromatic carbocycles. The standard InChI is InChI=1S/C14H14Cl3N/c15-13-10(5-4-8-12(13)14(16)17)9-18-11-6-2-1-3-7-11/h1-3,6-7,9,14,18H,4-5,8H2. The molecule has 0 aliphatic heterocycles. The van der Waals surface area contributed by atoms with Gasteiger partial charge in [0.25, 0.3) is 0 Å². The fourth-order valence-electron chi connectivity index (χ4n) is 1.94. The molecule has 0 saturated carbocycles. The van der Waals surface area contributed by atoms with E-state index in [2.05, 4.69) is 5.32 Å². The lowest BCUT2D eigenvalue weighted by molar-refractivity contribution is 0.772. The number of anilines is 1. The molecular formula is C14H14Cl3N. The summed E-state index contributed by atoms with van der Waals surface area (Å²) in [7, 11) is 0. The van der Waals surface area contributed by atoms with Gasteiger partial charge in [0.1, 0.15) is 4.84 Å². The van der Waals surface area contributed by atoms with Crippen molar-refractivity contribution in [2.45, 2.75) is 24.1 Å². The van der Waals surface area contributed by atoms with E-state index in [-0.39, 0.29) is 0 Å². The molecule has 1 aliphatic rings. The van der Waals surface area contributed by atoms with Gasteiger partial charge in [0.2, 0.25) is 0 Å². The highest BCUT2D eigenvalue weighted by atomic mass is 35.5. The lowest BCUT2D eigenvalue weighted by atomic mass is 9.96. The van der Waals surface area contributed by atoms with Crippen LogP contribution < -0.4 is 5.32 Å². The fourth-order valence-corrected chi connectivity index (χ4v) is 2.84. The molecule has 1 nitrogen and oxygen atoms in total. The molecule has 0 spiro atoms. The molecule has 0 bridgehead atoms. The van der Waals surface area contributed by atoms with E-state index < -0.39 is 4.84 Å². The number of nitrogens with one attached hydrogen (secondary N) is 1. The van der Waals surface area contributed by atoms with Crippen molar-refractivity contribution in [2.24, 2.45) is 0 Å². The van der Waals surface area contributed by atoms with Crippen molar-refractivity contribution in [2.75, 3.05) is 5.32 Å². The zero-order valence-electron chi connectivity index (χ0n) is 9.80. The van der Waals surface area contributed by atoms with Crippen LogP contribution in [0.2, 0.25) is 0 Å². The number of halogens is 3. The molecule has 1 aliphatic carbocycles. The lowest BCUT2D eigenvalue weighted by Crippen LogP contribution is -2.06. The van der Waals surface area contributed by atoms with Crippen LogP contribution >= 0.6 is 34.8 Å². The van der Waals surface area contributed by atoms with E-state index >= 15 is 0 Å². The third-order valence-corrected chi connectivity index (χ3v) is 3.92. The minimum absolute atomic E-state index is 0.516. The fraction of sp³-hybridized carbons (Fsp3) is 0.286. The monoisotopic (exact) mass is 301 g/mol. The highest BCUT2D eigenvalue weighted by molar-refractivity contribution is 6.47. The number of benzene rings is 1. The molecule has 0 aromatic heterocycles. The SMILES string of the molecule is ClC1=C(C(Cl)Cl)CCCC1=CNc1ccccc1. The summed E-state index contributed by atoms with van der Waals surface area (Å²) in [5.74, 6) is 0. The molecule has 1 aromatic rings. The molecule has 0 saturated heterocycles. The summed E-state index contributed by atoms with van der Waals surface area (Å²) < 4.78 is 0. The molecule has 0 heterocycles. The topological polar surface area (TPSA) is 12.0 Å². The van der Waals surface area contributed by atoms with Crippen LogP contribution in [0.1, 0.15) is 19.3 Å². The van der Waals surface area contributed by atoms with Gasteiger partial charge in [0.05, 0.1) is 0 Å². The van der Waals surface area contributed by atoms with Crippen molar-refractivity contribution in [3.63, 3.8) is 0 Å². The van der Waals surface area contributed by atoms with E-state index in [1.807, 2.05) is 36.5 Å². The number of rotatable bonds is 3. The number of alkyl halides is 2. The lowest BCUT2D eigenvalue weighted by Gasteiger charge is -2.20. The van der Waals surface area contributed by atoms with Gasteiger partial charge in [0.15, 0.2) is 0 Å². The zero-order chi connectivity index (χ0) is 13.0. The van der Waals surface area contributed by atoms with Gasteiger partial charge in [-0.3, -0.25) is 0 Å². The van der Waals surface area contributed by atoms with Gasteiger partial charge < -0.3 is 5.32 Å². The van der Waals surface area contributed by atoms with Gasteiger partial charge in [0, 0.05) is 16.9 Å². The Labute approximate surface area is 122 Å². The van der Waals surface area contributed by atoms with E-state index in [0.29, 0.717) is 5.03 Å². The van der Waals surface area contributed by atoms with Crippen LogP contribution in [0.15, 0.2) is 52.7 Å². The molecule has 1 N–H and O–H groups in total. The van der Waals surface area contributed by atoms with Crippen LogP contribution in [-0.2, 0) is 0 Å². The zero-order valence-corrected chi connectivity index (χ0v) is 12.1. The van der Waals surface area contributed by atoms with Crippen molar-refractivity contribution >= 4 is 40.5 Å². The Hall–Kier alpha value is -0.630. The number of allylic oxidation sites excluding steroid dienone is 3. The smallest absolute Gasteiger partial charge is 0.130 e. The Morgan fingerprint density at radius 3 is 2.50 bits per heavy atom. The molecule has 96 valence electrons. The second-order valence-corrected chi connectivity index (χ2v) is 5.65. The average molecular weight is 303 g/mol. The quantitative estimate of drug-likeness (QED) is 0.731. The third-order valence-electron chi connectivity index (χ3n) is 2.91. The largest absolute Gasteiger partial charge is 0.361 e. The minimum atomic E-state index is -0.516. The van der Waals surface area contributed by atoms with Crippen LogP contribution in [0, 0.1) is 0 Å². The molecule has 0 atom stereocenters. The Balaban J connectivity index is 2.15. The maximum absolute atomic E-state index is 6.31. The summed E-state index contributed by atoms with van der Waals surface area (Å²) in [5, 5.41) is 3.95. The van der Waals surface area contributed by atoms with Crippen molar-refractivity contribution in [1.82, 2.24) is 0 Å². The van der Waals surface area contributed by atoms with E-state index in [0.717, 1.165) is 36.1 Å². The van der Waals surface area contributed by atoms with Crippen LogP contribution in [0.5, 0.6) is 0 Å². The van der Waals surface area contributed by atoms with E-state index in [1.54, 1.807) is 0 Å². The van der Waals surface area contributed by atoms with Crippen molar-refractivity contribution in [3.8, 4) is 0 Å². The Bertz CT molecular complexity index is 463. The summed E-state index contributed by atoms with van der Waals surface area (Å²) in [4.78, 5) is -0.516. The summed E-state index contributed by atoms with van der Waals surface area (Å²) in [6.07, 6.45) is 4.79. The second-order valence-electron chi connectivity index (χ2n) is 4.17. The first-order chi connectivity index (χ1) is 8.68. The van der Waals surface area contributed by atoms with Crippen LogP contribution in [0.4, 0.5) is 5.69 Å². The molecule has 0 radical (unpaired) electrons. The van der Waals surface area contributed by atoms with Gasteiger partial charge in [-0.05, 0) is 42.5 Å². The molecule has 0 unspecified atom stereocenters. The summed E-state index contributed by atoms with van der Waals surface area (Å²) in [5.41, 5.74) is 3.02. The Morgan fingerprint density at radius 1 is 1.11 bits per heavy atom. The molecule has 4 heteroatoms. The van der Waals surface area contributed by atoms with Gasteiger partial charge in [-0.15, -0.1) is 23.2 Å². The van der Waals surface area contributed by atoms with E-state index in [1.165, 1.54) is 0 Å². The van der Waals surface area contributed by atoms with Crippen LogP contribution in [0.3, 0.4) is 0 Å². The predicted molar refractivity (Wildman–Crippen MR) is 80.4 cm³/mol. The van der Waals surface area contributed by atoms with E-state index in [4.69, 9.17) is 34.8 Å². The van der Waals surface area contributed by atoms with Crippen molar-refractivity contribution in [1.29, 1.82) is 0 Å². The van der Waals surface area contributed by atoms with Gasteiger partial charge >= 0.3 is 0 Å². The van der Waals surface area contributed by atoms with Crippen molar-refractivity contribution in [3.05, 3.63) is 52.7 Å². The van der Waals surface area contributed by atoms with Gasteiger partial charge in [-0.1, -0.05) is 29.8 Å². The second kappa shape index (κ2) is 6.51. The number of hydrogen-bond donors (Lipinski definition) is 1. The Morgan fingerprint density at radius 2 is 1.83 bits per heavy atom. The van der Waals surface area contributed by atoms with Gasteiger partial charge in [-0.25, -0.2) is 0 Å². The predicted octanol–water partition coefficient (Wildman–Crippen LogP) is 5.46. The van der Waals surface area contributed by atoms with Crippen LogP contribution in [-0.4, -0.2) is 4.84 Å². The number of para-hydroxylation sites is 1. The molecule has 0 fully saturated rings. The maximum atomic E-state index is 6.31. The normalized spacial score (nSPS) is 18.6. The number of hydrogen-bond acceptors (Lipinski definition) is 1. The minimum Gasteiger partial charge on any atom is -0.361 e.